The van der Waals surface area contributed by atoms with Crippen LogP contribution in [0.15, 0.2) is 12.1 Å². The fourth-order valence-corrected chi connectivity index (χ4v) is 2.57. The SMILES string of the molecule is CC1CCCC(C)N1Nc1nc(Cl)ccc1[N+](=O)[O-]. The Morgan fingerprint density at radius 3 is 2.63 bits per heavy atom. The van der Waals surface area contributed by atoms with Gasteiger partial charge in [-0.1, -0.05) is 18.0 Å². The molecule has 0 amide bonds. The van der Waals surface area contributed by atoms with Gasteiger partial charge in [0.05, 0.1) is 4.92 Å². The highest BCUT2D eigenvalue weighted by atomic mass is 35.5. The lowest BCUT2D eigenvalue weighted by Gasteiger charge is -2.38. The fraction of sp³-hybridized carbons (Fsp3) is 0.583. The Labute approximate surface area is 116 Å². The van der Waals surface area contributed by atoms with Crippen LogP contribution in [0.3, 0.4) is 0 Å². The monoisotopic (exact) mass is 284 g/mol. The topological polar surface area (TPSA) is 71.3 Å². The molecule has 0 spiro atoms. The Morgan fingerprint density at radius 2 is 2.05 bits per heavy atom. The van der Waals surface area contributed by atoms with Crippen molar-refractivity contribution in [2.24, 2.45) is 0 Å². The first-order valence-corrected chi connectivity index (χ1v) is 6.72. The van der Waals surface area contributed by atoms with E-state index < -0.39 is 4.92 Å². The number of nitro groups is 1. The van der Waals surface area contributed by atoms with Gasteiger partial charge >= 0.3 is 5.69 Å². The standard InChI is InChI=1S/C12H17ClN4O2/c1-8-4-3-5-9(2)16(8)15-12-10(17(18)19)6-7-11(13)14-12/h6-9H,3-5H2,1-2H3,(H,14,15). The summed E-state index contributed by atoms with van der Waals surface area (Å²) in [6.07, 6.45) is 3.29. The van der Waals surface area contributed by atoms with Crippen molar-refractivity contribution in [2.75, 3.05) is 5.43 Å². The molecule has 2 unspecified atom stereocenters. The predicted molar refractivity (Wildman–Crippen MR) is 74.1 cm³/mol. The Bertz CT molecular complexity index is 473. The molecule has 1 saturated heterocycles. The molecule has 0 aliphatic carbocycles. The van der Waals surface area contributed by atoms with Crippen LogP contribution < -0.4 is 5.43 Å². The number of piperidine rings is 1. The van der Waals surface area contributed by atoms with Crippen molar-refractivity contribution in [1.82, 2.24) is 9.99 Å². The van der Waals surface area contributed by atoms with E-state index in [2.05, 4.69) is 24.3 Å². The van der Waals surface area contributed by atoms with Gasteiger partial charge in [-0.2, -0.15) is 0 Å². The first kappa shape index (κ1) is 14.0. The minimum Gasteiger partial charge on any atom is -0.297 e. The summed E-state index contributed by atoms with van der Waals surface area (Å²) in [7, 11) is 0. The molecule has 0 aromatic carbocycles. The lowest BCUT2D eigenvalue weighted by Crippen LogP contribution is -2.47. The third kappa shape index (κ3) is 3.13. The number of aromatic nitrogens is 1. The summed E-state index contributed by atoms with van der Waals surface area (Å²) in [5, 5.41) is 13.3. The largest absolute Gasteiger partial charge is 0.312 e. The van der Waals surface area contributed by atoms with Crippen LogP contribution in [0.4, 0.5) is 11.5 Å². The zero-order chi connectivity index (χ0) is 14.0. The third-order valence-corrected chi connectivity index (χ3v) is 3.68. The van der Waals surface area contributed by atoms with Gasteiger partial charge in [0.25, 0.3) is 0 Å². The molecule has 1 aliphatic rings. The van der Waals surface area contributed by atoms with E-state index in [-0.39, 0.29) is 16.7 Å². The number of hydrazine groups is 1. The number of nitrogens with one attached hydrogen (secondary N) is 1. The quantitative estimate of drug-likeness (QED) is 0.524. The van der Waals surface area contributed by atoms with Crippen molar-refractivity contribution in [3.8, 4) is 0 Å². The van der Waals surface area contributed by atoms with E-state index in [0.717, 1.165) is 12.8 Å². The minimum atomic E-state index is -0.453. The molecule has 0 radical (unpaired) electrons. The fourth-order valence-electron chi connectivity index (χ4n) is 2.42. The maximum atomic E-state index is 11.0. The van der Waals surface area contributed by atoms with Crippen molar-refractivity contribution in [3.63, 3.8) is 0 Å². The molecular formula is C12H17ClN4O2. The Kier molecular flexibility index (Phi) is 4.21. The average Bonchev–Trinajstić information content (AvgIpc) is 2.33. The van der Waals surface area contributed by atoms with Crippen LogP contribution in [0.5, 0.6) is 0 Å². The Morgan fingerprint density at radius 1 is 1.42 bits per heavy atom. The van der Waals surface area contributed by atoms with Crippen LogP contribution in [0, 0.1) is 10.1 Å². The molecule has 104 valence electrons. The van der Waals surface area contributed by atoms with E-state index in [0.29, 0.717) is 12.1 Å². The second-order valence-corrected chi connectivity index (χ2v) is 5.29. The van der Waals surface area contributed by atoms with Crippen molar-refractivity contribution in [2.45, 2.75) is 45.2 Å². The number of hydrogen-bond acceptors (Lipinski definition) is 5. The summed E-state index contributed by atoms with van der Waals surface area (Å²) in [6, 6.07) is 3.42. The van der Waals surface area contributed by atoms with Crippen molar-refractivity contribution in [1.29, 1.82) is 0 Å². The van der Waals surface area contributed by atoms with Gasteiger partial charge in [-0.15, -0.1) is 0 Å². The zero-order valence-electron chi connectivity index (χ0n) is 11.0. The number of anilines is 1. The highest BCUT2D eigenvalue weighted by Crippen LogP contribution is 2.28. The van der Waals surface area contributed by atoms with Crippen LogP contribution in [0.25, 0.3) is 0 Å². The number of nitrogens with zero attached hydrogens (tertiary/aromatic N) is 3. The summed E-state index contributed by atoms with van der Waals surface area (Å²) in [6.45, 7) is 4.19. The first-order chi connectivity index (χ1) is 8.99. The second kappa shape index (κ2) is 5.71. The lowest BCUT2D eigenvalue weighted by molar-refractivity contribution is -0.384. The summed E-state index contributed by atoms with van der Waals surface area (Å²) in [5.74, 6) is 0.207. The molecule has 0 saturated carbocycles. The molecule has 0 bridgehead atoms. The maximum absolute atomic E-state index is 11.0. The van der Waals surface area contributed by atoms with Gasteiger partial charge in [0, 0.05) is 18.2 Å². The van der Waals surface area contributed by atoms with Gasteiger partial charge in [-0.05, 0) is 32.8 Å². The summed E-state index contributed by atoms with van der Waals surface area (Å²) >= 11 is 5.82. The molecule has 19 heavy (non-hydrogen) atoms. The van der Waals surface area contributed by atoms with Crippen LogP contribution in [-0.4, -0.2) is 27.0 Å². The second-order valence-electron chi connectivity index (χ2n) is 4.91. The van der Waals surface area contributed by atoms with Crippen LogP contribution in [0.1, 0.15) is 33.1 Å². The molecule has 2 rings (SSSR count). The molecule has 1 aromatic heterocycles. The van der Waals surface area contributed by atoms with E-state index in [1.807, 2.05) is 5.01 Å². The maximum Gasteiger partial charge on any atom is 0.312 e. The van der Waals surface area contributed by atoms with Gasteiger partial charge < -0.3 is 0 Å². The molecular weight excluding hydrogens is 268 g/mol. The zero-order valence-corrected chi connectivity index (χ0v) is 11.7. The Hall–Kier alpha value is -1.40. The number of halogens is 1. The van der Waals surface area contributed by atoms with E-state index >= 15 is 0 Å². The highest BCUT2D eigenvalue weighted by molar-refractivity contribution is 6.29. The molecule has 1 aliphatic heterocycles. The molecule has 6 nitrogen and oxygen atoms in total. The Balaban J connectivity index is 2.26. The van der Waals surface area contributed by atoms with Gasteiger partial charge in [-0.3, -0.25) is 15.5 Å². The van der Waals surface area contributed by atoms with Gasteiger partial charge in [-0.25, -0.2) is 9.99 Å². The van der Waals surface area contributed by atoms with Crippen LogP contribution in [-0.2, 0) is 0 Å². The molecule has 1 aromatic rings. The average molecular weight is 285 g/mol. The molecule has 1 N–H and O–H groups in total. The molecule has 2 atom stereocenters. The van der Waals surface area contributed by atoms with E-state index in [1.54, 1.807) is 0 Å². The summed E-state index contributed by atoms with van der Waals surface area (Å²) in [4.78, 5) is 14.6. The molecule has 2 heterocycles. The predicted octanol–water partition coefficient (Wildman–Crippen LogP) is 3.23. The van der Waals surface area contributed by atoms with E-state index in [4.69, 9.17) is 11.6 Å². The molecule has 1 fully saturated rings. The van der Waals surface area contributed by atoms with Crippen molar-refractivity contribution < 1.29 is 4.92 Å². The third-order valence-electron chi connectivity index (χ3n) is 3.47. The lowest BCUT2D eigenvalue weighted by atomic mass is 10.00. The normalized spacial score (nSPS) is 24.2. The summed E-state index contributed by atoms with van der Waals surface area (Å²) < 4.78 is 0. The van der Waals surface area contributed by atoms with Crippen molar-refractivity contribution in [3.05, 3.63) is 27.4 Å². The van der Waals surface area contributed by atoms with Gasteiger partial charge in [0.15, 0.2) is 0 Å². The van der Waals surface area contributed by atoms with E-state index in [1.165, 1.54) is 18.6 Å². The van der Waals surface area contributed by atoms with Gasteiger partial charge in [0.2, 0.25) is 5.82 Å². The number of hydrogen-bond donors (Lipinski definition) is 1. The number of rotatable bonds is 3. The smallest absolute Gasteiger partial charge is 0.297 e. The summed E-state index contributed by atoms with van der Waals surface area (Å²) in [5.41, 5.74) is 3.01. The molecule has 7 heteroatoms. The first-order valence-electron chi connectivity index (χ1n) is 6.35. The highest BCUT2D eigenvalue weighted by Gasteiger charge is 2.27. The number of pyridine rings is 1. The minimum absolute atomic E-state index is 0.0608. The van der Waals surface area contributed by atoms with Crippen molar-refractivity contribution >= 4 is 23.1 Å². The van der Waals surface area contributed by atoms with Crippen LogP contribution in [0.2, 0.25) is 5.15 Å². The van der Waals surface area contributed by atoms with Crippen LogP contribution >= 0.6 is 11.6 Å². The van der Waals surface area contributed by atoms with E-state index in [9.17, 15) is 10.1 Å². The van der Waals surface area contributed by atoms with Gasteiger partial charge in [0.1, 0.15) is 5.15 Å².